The highest BCUT2D eigenvalue weighted by Crippen LogP contribution is 2.36. The van der Waals surface area contributed by atoms with Gasteiger partial charge in [0.2, 0.25) is 0 Å². The molecule has 0 saturated carbocycles. The van der Waals surface area contributed by atoms with Gasteiger partial charge in [0, 0.05) is 18.2 Å². The van der Waals surface area contributed by atoms with Crippen molar-refractivity contribution >= 4 is 16.5 Å². The summed E-state index contributed by atoms with van der Waals surface area (Å²) in [6.07, 6.45) is 2.44. The predicted octanol–water partition coefficient (Wildman–Crippen LogP) is 3.93. The van der Waals surface area contributed by atoms with Gasteiger partial charge in [-0.3, -0.25) is 0 Å². The van der Waals surface area contributed by atoms with Crippen molar-refractivity contribution < 1.29 is 5.11 Å². The van der Waals surface area contributed by atoms with Crippen molar-refractivity contribution in [3.05, 3.63) is 35.2 Å². The lowest BCUT2D eigenvalue weighted by molar-refractivity contribution is 0.286. The van der Waals surface area contributed by atoms with Crippen molar-refractivity contribution in [2.75, 3.05) is 11.4 Å². The van der Waals surface area contributed by atoms with Crippen molar-refractivity contribution in [2.45, 2.75) is 39.3 Å². The summed E-state index contributed by atoms with van der Waals surface area (Å²) in [6, 6.07) is 10.7. The third-order valence-electron chi connectivity index (χ3n) is 4.26. The van der Waals surface area contributed by atoms with E-state index in [0.29, 0.717) is 6.04 Å². The lowest BCUT2D eigenvalue weighted by Gasteiger charge is -2.36. The van der Waals surface area contributed by atoms with Crippen LogP contribution in [0.2, 0.25) is 0 Å². The largest absolute Gasteiger partial charge is 0.391 e. The van der Waals surface area contributed by atoms with Crippen molar-refractivity contribution in [3.63, 3.8) is 0 Å². The van der Waals surface area contributed by atoms with Crippen molar-refractivity contribution in [1.29, 1.82) is 0 Å². The van der Waals surface area contributed by atoms with E-state index in [9.17, 15) is 5.11 Å². The Kier molecular flexibility index (Phi) is 4.27. The Morgan fingerprint density at radius 3 is 2.71 bits per heavy atom. The Morgan fingerprint density at radius 2 is 2.05 bits per heavy atom. The van der Waals surface area contributed by atoms with E-state index in [0.717, 1.165) is 33.7 Å². The monoisotopic (exact) mass is 302 g/mol. The maximum atomic E-state index is 9.65. The molecule has 112 valence electrons. The highest BCUT2D eigenvalue weighted by molar-refractivity contribution is 7.16. The number of aliphatic hydroxyl groups is 1. The fraction of sp³-hybridized carbons (Fsp3) is 0.471. The molecule has 0 aliphatic carbocycles. The smallest absolute Gasteiger partial charge is 0.186 e. The second kappa shape index (κ2) is 6.16. The van der Waals surface area contributed by atoms with Crippen molar-refractivity contribution in [1.82, 2.24) is 4.98 Å². The fourth-order valence-electron chi connectivity index (χ4n) is 3.08. The molecule has 0 spiro atoms. The second-order valence-electron chi connectivity index (χ2n) is 5.96. The highest BCUT2D eigenvalue weighted by atomic mass is 32.1. The number of nitrogens with zero attached hydrogens (tertiary/aromatic N) is 2. The Bertz CT molecular complexity index is 596. The van der Waals surface area contributed by atoms with Gasteiger partial charge >= 0.3 is 0 Å². The molecule has 1 N–H and O–H groups in total. The lowest BCUT2D eigenvalue weighted by Crippen LogP contribution is -2.40. The molecule has 21 heavy (non-hydrogen) atoms. The van der Waals surface area contributed by atoms with E-state index in [2.05, 4.69) is 30.9 Å². The zero-order chi connectivity index (χ0) is 14.8. The molecule has 1 aromatic heterocycles. The number of thiazole rings is 1. The molecular formula is C17H22N2OS. The maximum Gasteiger partial charge on any atom is 0.186 e. The number of aliphatic hydroxyl groups excluding tert-OH is 1. The first-order valence-electron chi connectivity index (χ1n) is 7.61. The number of benzene rings is 1. The summed E-state index contributed by atoms with van der Waals surface area (Å²) >= 11 is 1.63. The Morgan fingerprint density at radius 1 is 1.29 bits per heavy atom. The summed E-state index contributed by atoms with van der Waals surface area (Å²) in [5.74, 6) is 0.794. The van der Waals surface area contributed by atoms with Crippen LogP contribution in [0, 0.1) is 5.92 Å². The van der Waals surface area contributed by atoms with Crippen LogP contribution in [0.1, 0.15) is 31.6 Å². The van der Waals surface area contributed by atoms with Crippen molar-refractivity contribution in [2.24, 2.45) is 5.92 Å². The summed E-state index contributed by atoms with van der Waals surface area (Å²) in [5, 5.41) is 10.7. The Balaban J connectivity index is 1.93. The number of aromatic nitrogens is 1. The van der Waals surface area contributed by atoms with Crippen LogP contribution in [0.4, 0.5) is 5.13 Å². The zero-order valence-corrected chi connectivity index (χ0v) is 13.4. The minimum Gasteiger partial charge on any atom is -0.391 e. The van der Waals surface area contributed by atoms with Crippen LogP contribution in [0.15, 0.2) is 30.3 Å². The average molecular weight is 302 g/mol. The standard InChI is InChI=1S/C17H22N2OS/c1-12-8-9-19(13(2)10-12)17-18-16(15(11-20)21-17)14-6-4-3-5-7-14/h3-7,12-13,20H,8-11H2,1-2H3. The number of anilines is 1. The SMILES string of the molecule is CC1CCN(c2nc(-c3ccccc3)c(CO)s2)C(C)C1. The third-order valence-corrected chi connectivity index (χ3v) is 5.34. The van der Waals surface area contributed by atoms with Crippen LogP contribution in [-0.4, -0.2) is 22.7 Å². The molecule has 1 saturated heterocycles. The molecule has 1 fully saturated rings. The molecule has 2 aromatic rings. The number of hydrogen-bond donors (Lipinski definition) is 1. The van der Waals surface area contributed by atoms with Crippen LogP contribution in [0.5, 0.6) is 0 Å². The molecule has 2 unspecified atom stereocenters. The van der Waals surface area contributed by atoms with E-state index in [1.54, 1.807) is 11.3 Å². The molecule has 3 rings (SSSR count). The van der Waals surface area contributed by atoms with Crippen molar-refractivity contribution in [3.8, 4) is 11.3 Å². The summed E-state index contributed by atoms with van der Waals surface area (Å²) in [4.78, 5) is 8.19. The molecular weight excluding hydrogens is 280 g/mol. The van der Waals surface area contributed by atoms with Gasteiger partial charge in [-0.1, -0.05) is 48.6 Å². The normalized spacial score (nSPS) is 22.5. The molecule has 2 heterocycles. The van der Waals surface area contributed by atoms with Crippen LogP contribution in [0.3, 0.4) is 0 Å². The van der Waals surface area contributed by atoms with Crippen LogP contribution < -0.4 is 4.90 Å². The average Bonchev–Trinajstić information content (AvgIpc) is 2.92. The van der Waals surface area contributed by atoms with E-state index in [1.807, 2.05) is 18.2 Å². The van der Waals surface area contributed by atoms with Crippen LogP contribution >= 0.6 is 11.3 Å². The topological polar surface area (TPSA) is 36.4 Å². The van der Waals surface area contributed by atoms with Crippen LogP contribution in [-0.2, 0) is 6.61 Å². The van der Waals surface area contributed by atoms with Gasteiger partial charge in [-0.25, -0.2) is 4.98 Å². The molecule has 3 nitrogen and oxygen atoms in total. The minimum absolute atomic E-state index is 0.0561. The first-order chi connectivity index (χ1) is 10.2. The molecule has 1 aliphatic heterocycles. The fourth-order valence-corrected chi connectivity index (χ4v) is 4.15. The molecule has 2 atom stereocenters. The van der Waals surface area contributed by atoms with E-state index in [4.69, 9.17) is 4.98 Å². The summed E-state index contributed by atoms with van der Waals surface area (Å²) in [7, 11) is 0. The van der Waals surface area contributed by atoms with E-state index in [1.165, 1.54) is 12.8 Å². The van der Waals surface area contributed by atoms with E-state index < -0.39 is 0 Å². The predicted molar refractivity (Wildman–Crippen MR) is 88.7 cm³/mol. The Hall–Kier alpha value is -1.39. The number of piperidine rings is 1. The molecule has 1 aliphatic rings. The van der Waals surface area contributed by atoms with Gasteiger partial charge in [-0.2, -0.15) is 0 Å². The third kappa shape index (κ3) is 2.97. The minimum atomic E-state index is 0.0561. The van der Waals surface area contributed by atoms with Gasteiger partial charge < -0.3 is 10.0 Å². The highest BCUT2D eigenvalue weighted by Gasteiger charge is 2.26. The Labute approximate surface area is 130 Å². The maximum absolute atomic E-state index is 9.65. The van der Waals surface area contributed by atoms with E-state index >= 15 is 0 Å². The first-order valence-corrected chi connectivity index (χ1v) is 8.43. The molecule has 0 bridgehead atoms. The number of rotatable bonds is 3. The van der Waals surface area contributed by atoms with Gasteiger partial charge in [0.25, 0.3) is 0 Å². The van der Waals surface area contributed by atoms with E-state index in [-0.39, 0.29) is 6.61 Å². The molecule has 1 aromatic carbocycles. The lowest BCUT2D eigenvalue weighted by atomic mass is 9.94. The molecule has 0 radical (unpaired) electrons. The van der Waals surface area contributed by atoms with Gasteiger partial charge in [-0.05, 0) is 25.7 Å². The zero-order valence-electron chi connectivity index (χ0n) is 12.6. The second-order valence-corrected chi connectivity index (χ2v) is 7.03. The summed E-state index contributed by atoms with van der Waals surface area (Å²) in [5.41, 5.74) is 2.02. The number of hydrogen-bond acceptors (Lipinski definition) is 4. The quantitative estimate of drug-likeness (QED) is 0.933. The van der Waals surface area contributed by atoms with Gasteiger partial charge in [-0.15, -0.1) is 0 Å². The summed E-state index contributed by atoms with van der Waals surface area (Å²) < 4.78 is 0. The molecule has 0 amide bonds. The van der Waals surface area contributed by atoms with Gasteiger partial charge in [0.05, 0.1) is 17.2 Å². The first kappa shape index (κ1) is 14.5. The van der Waals surface area contributed by atoms with Gasteiger partial charge in [0.15, 0.2) is 5.13 Å². The summed E-state index contributed by atoms with van der Waals surface area (Å²) in [6.45, 7) is 5.72. The van der Waals surface area contributed by atoms with Gasteiger partial charge in [0.1, 0.15) is 0 Å². The van der Waals surface area contributed by atoms with Crippen LogP contribution in [0.25, 0.3) is 11.3 Å². The molecule has 4 heteroatoms.